The monoisotopic (exact) mass is 370 g/mol. The highest BCUT2D eigenvalue weighted by Crippen LogP contribution is 2.48. The van der Waals surface area contributed by atoms with Crippen LogP contribution in [-0.4, -0.2) is 33.1 Å². The molecule has 0 unspecified atom stereocenters. The molecule has 27 heavy (non-hydrogen) atoms. The largest absolute Gasteiger partial charge is 0.497 e. The molecule has 0 atom stereocenters. The lowest BCUT2D eigenvalue weighted by Gasteiger charge is -2.18. The molecule has 0 aromatic heterocycles. The zero-order valence-corrected chi connectivity index (χ0v) is 15.5. The highest BCUT2D eigenvalue weighted by atomic mass is 16.5. The lowest BCUT2D eigenvalue weighted by atomic mass is 10.0. The summed E-state index contributed by atoms with van der Waals surface area (Å²) in [5.74, 6) is 0.901. The summed E-state index contributed by atoms with van der Waals surface area (Å²) in [5.41, 5.74) is -0.0722. The fourth-order valence-corrected chi connectivity index (χ4v) is 2.82. The highest BCUT2D eigenvalue weighted by Gasteiger charge is 2.56. The maximum atomic E-state index is 12.8. The molecule has 2 aromatic carbocycles. The van der Waals surface area contributed by atoms with Gasteiger partial charge in [-0.2, -0.15) is 0 Å². The lowest BCUT2D eigenvalue weighted by Crippen LogP contribution is -2.35. The SMILES string of the molecule is COc1ccc(NC(=O)C2(C(=O)Nc3ccccc3OC)CC2)c(OC)c1. The van der Waals surface area contributed by atoms with Crippen molar-refractivity contribution in [3.63, 3.8) is 0 Å². The molecule has 0 spiro atoms. The molecule has 0 saturated heterocycles. The maximum absolute atomic E-state index is 12.8. The Kier molecular flexibility index (Phi) is 5.21. The van der Waals surface area contributed by atoms with Gasteiger partial charge in [-0.25, -0.2) is 0 Å². The first-order valence-electron chi connectivity index (χ1n) is 8.52. The number of amides is 2. The van der Waals surface area contributed by atoms with Crippen molar-refractivity contribution >= 4 is 23.2 Å². The van der Waals surface area contributed by atoms with Gasteiger partial charge in [-0.3, -0.25) is 9.59 Å². The third kappa shape index (κ3) is 3.67. The average Bonchev–Trinajstić information content (AvgIpc) is 3.51. The van der Waals surface area contributed by atoms with Crippen molar-refractivity contribution < 1.29 is 23.8 Å². The second kappa shape index (κ2) is 7.57. The molecule has 1 aliphatic rings. The third-order valence-corrected chi connectivity index (χ3v) is 4.63. The number of rotatable bonds is 7. The van der Waals surface area contributed by atoms with Gasteiger partial charge in [0.25, 0.3) is 0 Å². The predicted molar refractivity (Wildman–Crippen MR) is 101 cm³/mol. The zero-order valence-electron chi connectivity index (χ0n) is 15.5. The van der Waals surface area contributed by atoms with Crippen molar-refractivity contribution in [3.8, 4) is 17.2 Å². The van der Waals surface area contributed by atoms with Gasteiger partial charge in [-0.15, -0.1) is 0 Å². The summed E-state index contributed by atoms with van der Waals surface area (Å²) in [4.78, 5) is 25.6. The minimum atomic E-state index is -1.09. The van der Waals surface area contributed by atoms with E-state index in [0.717, 1.165) is 0 Å². The Labute approximate surface area is 157 Å². The van der Waals surface area contributed by atoms with Crippen LogP contribution in [0, 0.1) is 5.41 Å². The Morgan fingerprint density at radius 1 is 0.815 bits per heavy atom. The van der Waals surface area contributed by atoms with Crippen LogP contribution in [0.2, 0.25) is 0 Å². The fourth-order valence-electron chi connectivity index (χ4n) is 2.82. The van der Waals surface area contributed by atoms with Gasteiger partial charge in [-0.05, 0) is 37.1 Å². The first-order chi connectivity index (χ1) is 13.0. The number of hydrogen-bond acceptors (Lipinski definition) is 5. The van der Waals surface area contributed by atoms with E-state index in [4.69, 9.17) is 14.2 Å². The standard InChI is InChI=1S/C20H22N2O5/c1-25-13-8-9-15(17(12-13)27-3)22-19(24)20(10-11-20)18(23)21-14-6-4-5-7-16(14)26-2/h4-9,12H,10-11H2,1-3H3,(H,21,23)(H,22,24). The maximum Gasteiger partial charge on any atom is 0.240 e. The molecule has 0 heterocycles. The van der Waals surface area contributed by atoms with E-state index in [9.17, 15) is 9.59 Å². The molecule has 1 aliphatic carbocycles. The van der Waals surface area contributed by atoms with E-state index in [1.807, 2.05) is 6.07 Å². The number of carbonyl (C=O) groups excluding carboxylic acids is 2. The molecule has 3 rings (SSSR count). The Morgan fingerprint density at radius 2 is 1.41 bits per heavy atom. The Morgan fingerprint density at radius 3 is 1.96 bits per heavy atom. The minimum Gasteiger partial charge on any atom is -0.497 e. The van der Waals surface area contributed by atoms with Crippen LogP contribution < -0.4 is 24.8 Å². The molecule has 7 heteroatoms. The Hall–Kier alpha value is -3.22. The summed E-state index contributed by atoms with van der Waals surface area (Å²) < 4.78 is 15.7. The topological polar surface area (TPSA) is 85.9 Å². The number of carbonyl (C=O) groups is 2. The van der Waals surface area contributed by atoms with Crippen molar-refractivity contribution in [1.82, 2.24) is 0 Å². The summed E-state index contributed by atoms with van der Waals surface area (Å²) >= 11 is 0. The summed E-state index contributed by atoms with van der Waals surface area (Å²) in [7, 11) is 4.58. The van der Waals surface area contributed by atoms with Crippen molar-refractivity contribution in [1.29, 1.82) is 0 Å². The van der Waals surface area contributed by atoms with E-state index in [2.05, 4.69) is 10.6 Å². The van der Waals surface area contributed by atoms with E-state index in [1.165, 1.54) is 14.2 Å². The van der Waals surface area contributed by atoms with Crippen LogP contribution in [0.3, 0.4) is 0 Å². The first-order valence-corrected chi connectivity index (χ1v) is 8.52. The van der Waals surface area contributed by atoms with Crippen LogP contribution in [0.15, 0.2) is 42.5 Å². The first kappa shape index (κ1) is 18.6. The van der Waals surface area contributed by atoms with E-state index in [1.54, 1.807) is 43.5 Å². The number of para-hydroxylation sites is 2. The van der Waals surface area contributed by atoms with Gasteiger partial charge in [0.2, 0.25) is 11.8 Å². The molecular formula is C20H22N2O5. The van der Waals surface area contributed by atoms with E-state index >= 15 is 0 Å². The molecule has 2 N–H and O–H groups in total. The number of nitrogens with one attached hydrogen (secondary N) is 2. The minimum absolute atomic E-state index is 0.350. The van der Waals surface area contributed by atoms with Gasteiger partial charge < -0.3 is 24.8 Å². The highest BCUT2D eigenvalue weighted by molar-refractivity contribution is 6.17. The van der Waals surface area contributed by atoms with Gasteiger partial charge in [0.1, 0.15) is 22.7 Å². The van der Waals surface area contributed by atoms with Crippen molar-refractivity contribution in [2.75, 3.05) is 32.0 Å². The smallest absolute Gasteiger partial charge is 0.240 e. The van der Waals surface area contributed by atoms with E-state index in [0.29, 0.717) is 41.5 Å². The van der Waals surface area contributed by atoms with Crippen molar-refractivity contribution in [2.45, 2.75) is 12.8 Å². The molecule has 1 fully saturated rings. The summed E-state index contributed by atoms with van der Waals surface area (Å²) in [6.07, 6.45) is 0.969. The zero-order chi connectivity index (χ0) is 19.4. The van der Waals surface area contributed by atoms with E-state index in [-0.39, 0.29) is 11.8 Å². The molecule has 142 valence electrons. The van der Waals surface area contributed by atoms with Crippen LogP contribution in [0.25, 0.3) is 0 Å². The number of hydrogen-bond donors (Lipinski definition) is 2. The number of anilines is 2. The molecule has 0 bridgehead atoms. The molecule has 0 radical (unpaired) electrons. The van der Waals surface area contributed by atoms with Crippen molar-refractivity contribution in [3.05, 3.63) is 42.5 Å². The second-order valence-electron chi connectivity index (χ2n) is 6.26. The predicted octanol–water partition coefficient (Wildman–Crippen LogP) is 3.07. The lowest BCUT2D eigenvalue weighted by molar-refractivity contribution is -0.131. The van der Waals surface area contributed by atoms with Crippen molar-refractivity contribution in [2.24, 2.45) is 5.41 Å². The normalized spacial score (nSPS) is 14.0. The summed E-state index contributed by atoms with van der Waals surface area (Å²) in [5, 5.41) is 5.60. The van der Waals surface area contributed by atoms with Crippen LogP contribution in [0.5, 0.6) is 17.2 Å². The quantitative estimate of drug-likeness (QED) is 0.732. The Bertz CT molecular complexity index is 861. The summed E-state index contributed by atoms with van der Waals surface area (Å²) in [6.45, 7) is 0. The van der Waals surface area contributed by atoms with Crippen LogP contribution in [0.4, 0.5) is 11.4 Å². The second-order valence-corrected chi connectivity index (χ2v) is 6.26. The molecule has 2 amide bonds. The Balaban J connectivity index is 1.75. The third-order valence-electron chi connectivity index (χ3n) is 4.63. The number of methoxy groups -OCH3 is 3. The van der Waals surface area contributed by atoms with Gasteiger partial charge in [0.15, 0.2) is 0 Å². The van der Waals surface area contributed by atoms with Gasteiger partial charge in [0.05, 0.1) is 32.7 Å². The fraction of sp³-hybridized carbons (Fsp3) is 0.300. The van der Waals surface area contributed by atoms with Crippen LogP contribution in [0.1, 0.15) is 12.8 Å². The average molecular weight is 370 g/mol. The molecule has 1 saturated carbocycles. The molecular weight excluding hydrogens is 348 g/mol. The molecule has 0 aliphatic heterocycles. The van der Waals surface area contributed by atoms with Gasteiger partial charge in [0, 0.05) is 6.07 Å². The number of ether oxygens (including phenoxy) is 3. The van der Waals surface area contributed by atoms with E-state index < -0.39 is 5.41 Å². The van der Waals surface area contributed by atoms with Crippen LogP contribution in [-0.2, 0) is 9.59 Å². The van der Waals surface area contributed by atoms with Crippen LogP contribution >= 0.6 is 0 Å². The van der Waals surface area contributed by atoms with Gasteiger partial charge >= 0.3 is 0 Å². The molecule has 7 nitrogen and oxygen atoms in total. The molecule has 2 aromatic rings. The summed E-state index contributed by atoms with van der Waals surface area (Å²) in [6, 6.07) is 12.2. The number of benzene rings is 2. The van der Waals surface area contributed by atoms with Gasteiger partial charge in [-0.1, -0.05) is 12.1 Å².